The number of hydrogen-bond acceptors (Lipinski definition) is 0. The van der Waals surface area contributed by atoms with Gasteiger partial charge >= 0.3 is 0 Å². The Morgan fingerprint density at radius 2 is 0.544 bits per heavy atom. The third-order valence-electron chi connectivity index (χ3n) is 11.7. The molecule has 276 valence electrons. The largest absolute Gasteiger partial charge is 0.341 e. The molecule has 0 aliphatic rings. The van der Waals surface area contributed by atoms with Crippen molar-refractivity contribution in [3.05, 3.63) is 179 Å². The molecule has 10 rings (SSSR count). The van der Waals surface area contributed by atoms with Gasteiger partial charge in [0.05, 0.1) is 0 Å². The molecule has 0 aliphatic carbocycles. The van der Waals surface area contributed by atoms with Gasteiger partial charge in [0, 0.05) is 85.1 Å². The first-order chi connectivity index (χ1) is 28.1. The van der Waals surface area contributed by atoms with Gasteiger partial charge in [0.1, 0.15) is 0 Å². The minimum absolute atomic E-state index is 0.946. The average molecular weight is 736 g/mol. The first-order valence-corrected chi connectivity index (χ1v) is 20.3. The van der Waals surface area contributed by atoms with Crippen molar-refractivity contribution in [2.75, 3.05) is 0 Å². The predicted molar refractivity (Wildman–Crippen MR) is 249 cm³/mol. The Hall–Kier alpha value is -6.84. The van der Waals surface area contributed by atoms with Gasteiger partial charge in [0.2, 0.25) is 0 Å². The zero-order valence-electron chi connectivity index (χ0n) is 32.8. The monoisotopic (exact) mass is 735 g/mol. The minimum Gasteiger partial charge on any atom is -0.341 e. The van der Waals surface area contributed by atoms with E-state index >= 15 is 0 Å². The molecular formula is C54H45N3. The summed E-state index contributed by atoms with van der Waals surface area (Å²) in [5.41, 5.74) is 14.8. The second-order valence-corrected chi connectivity index (χ2v) is 15.0. The molecule has 3 aromatic heterocycles. The molecule has 0 spiro atoms. The normalized spacial score (nSPS) is 12.5. The molecule has 57 heavy (non-hydrogen) atoms. The third kappa shape index (κ3) is 6.07. The highest BCUT2D eigenvalue weighted by molar-refractivity contribution is 6.11. The van der Waals surface area contributed by atoms with Crippen molar-refractivity contribution in [3.8, 4) is 0 Å². The molecule has 0 amide bonds. The number of rotatable bonds is 9. The summed E-state index contributed by atoms with van der Waals surface area (Å²) in [6, 6.07) is 53.6. The van der Waals surface area contributed by atoms with Crippen LogP contribution >= 0.6 is 0 Å². The van der Waals surface area contributed by atoms with E-state index in [1.807, 2.05) is 0 Å². The van der Waals surface area contributed by atoms with Crippen molar-refractivity contribution in [1.82, 2.24) is 13.7 Å². The molecule has 0 atom stereocenters. The SMILES string of the molecule is CCn1c2ccccc2c2cc(/C=C/c3cc(/C=C/c4ccc5c(c4)c4ccccc4n5CC)cc(/C=C/c4ccc5c(c4)c4ccccc4n5CC)c3)ccc21. The van der Waals surface area contributed by atoms with E-state index in [1.54, 1.807) is 0 Å². The van der Waals surface area contributed by atoms with E-state index in [-0.39, 0.29) is 0 Å². The Morgan fingerprint density at radius 3 is 0.842 bits per heavy atom. The van der Waals surface area contributed by atoms with Gasteiger partial charge < -0.3 is 13.7 Å². The van der Waals surface area contributed by atoms with Crippen LogP contribution in [0, 0.1) is 0 Å². The highest BCUT2D eigenvalue weighted by Gasteiger charge is 2.12. The molecule has 0 fully saturated rings. The number of hydrogen-bond donors (Lipinski definition) is 0. The number of fused-ring (bicyclic) bond motifs is 9. The maximum Gasteiger partial charge on any atom is 0.0491 e. The van der Waals surface area contributed by atoms with Crippen LogP contribution in [0.3, 0.4) is 0 Å². The van der Waals surface area contributed by atoms with Crippen LogP contribution in [-0.2, 0) is 19.6 Å². The molecule has 0 aliphatic heterocycles. The van der Waals surface area contributed by atoms with Gasteiger partial charge in [-0.15, -0.1) is 0 Å². The number of aromatic nitrogens is 3. The lowest BCUT2D eigenvalue weighted by molar-refractivity contribution is 0.827. The minimum atomic E-state index is 0.946. The Morgan fingerprint density at radius 1 is 0.281 bits per heavy atom. The molecule has 0 saturated carbocycles. The van der Waals surface area contributed by atoms with Gasteiger partial charge in [-0.2, -0.15) is 0 Å². The van der Waals surface area contributed by atoms with Crippen molar-refractivity contribution >= 4 is 102 Å². The number of aryl methyl sites for hydroxylation is 3. The van der Waals surface area contributed by atoms with Gasteiger partial charge in [0.15, 0.2) is 0 Å². The fourth-order valence-electron chi connectivity index (χ4n) is 9.12. The zero-order valence-corrected chi connectivity index (χ0v) is 32.8. The summed E-state index contributed by atoms with van der Waals surface area (Å²) in [4.78, 5) is 0. The van der Waals surface area contributed by atoms with Crippen LogP contribution in [0.15, 0.2) is 146 Å². The molecule has 0 unspecified atom stereocenters. The molecule has 0 radical (unpaired) electrons. The van der Waals surface area contributed by atoms with Crippen LogP contribution in [-0.4, -0.2) is 13.7 Å². The second kappa shape index (κ2) is 14.3. The summed E-state index contributed by atoms with van der Waals surface area (Å²) in [6.45, 7) is 9.50. The van der Waals surface area contributed by atoms with Crippen molar-refractivity contribution in [1.29, 1.82) is 0 Å². The highest BCUT2D eigenvalue weighted by atomic mass is 15.0. The maximum absolute atomic E-state index is 2.41. The van der Waals surface area contributed by atoms with E-state index in [4.69, 9.17) is 0 Å². The Balaban J connectivity index is 1.03. The summed E-state index contributed by atoms with van der Waals surface area (Å²) in [6.07, 6.45) is 13.5. The molecule has 3 heterocycles. The fraction of sp³-hybridized carbons (Fsp3) is 0.111. The lowest BCUT2D eigenvalue weighted by Crippen LogP contribution is -1.92. The summed E-state index contributed by atoms with van der Waals surface area (Å²) in [5.74, 6) is 0. The average Bonchev–Trinajstić information content (AvgIpc) is 3.88. The highest BCUT2D eigenvalue weighted by Crippen LogP contribution is 2.33. The van der Waals surface area contributed by atoms with E-state index in [0.29, 0.717) is 0 Å². The molecule has 0 N–H and O–H groups in total. The lowest BCUT2D eigenvalue weighted by Gasteiger charge is -2.05. The summed E-state index contributed by atoms with van der Waals surface area (Å²) < 4.78 is 7.23. The van der Waals surface area contributed by atoms with Crippen LogP contribution in [0.4, 0.5) is 0 Å². The van der Waals surface area contributed by atoms with E-state index in [1.165, 1.54) is 82.1 Å². The van der Waals surface area contributed by atoms with Crippen molar-refractivity contribution < 1.29 is 0 Å². The lowest BCUT2D eigenvalue weighted by atomic mass is 10.0. The van der Waals surface area contributed by atoms with Crippen LogP contribution in [0.1, 0.15) is 54.2 Å². The van der Waals surface area contributed by atoms with Crippen LogP contribution in [0.25, 0.3) is 102 Å². The fourth-order valence-corrected chi connectivity index (χ4v) is 9.12. The van der Waals surface area contributed by atoms with Gasteiger partial charge in [-0.3, -0.25) is 0 Å². The Kier molecular flexibility index (Phi) is 8.72. The molecule has 10 aromatic rings. The Bertz CT molecular complexity index is 2890. The number of benzene rings is 7. The third-order valence-corrected chi connectivity index (χ3v) is 11.7. The van der Waals surface area contributed by atoms with Crippen LogP contribution in [0.5, 0.6) is 0 Å². The molecule has 0 bridgehead atoms. The molecular weight excluding hydrogens is 691 g/mol. The standard InChI is InChI=1S/C54H45N3/c1-4-55-49-16-10-7-13-43(49)46-34-37(25-28-52(46)55)19-22-40-31-41(23-20-38-26-29-53-47(35-38)44-14-8-11-17-50(44)56(53)5-2)33-42(32-40)24-21-39-27-30-54-48(36-39)45-15-9-12-18-51(45)57(54)6-3/h7-36H,4-6H2,1-3H3/b22-19+,23-20+,24-21+. The van der Waals surface area contributed by atoms with Crippen LogP contribution < -0.4 is 0 Å². The summed E-state index contributed by atoms with van der Waals surface area (Å²) >= 11 is 0. The number of para-hydroxylation sites is 3. The quantitative estimate of drug-likeness (QED) is 0.131. The maximum atomic E-state index is 2.41. The van der Waals surface area contributed by atoms with Gasteiger partial charge in [-0.05, 0) is 127 Å². The van der Waals surface area contributed by atoms with E-state index < -0.39 is 0 Å². The summed E-state index contributed by atoms with van der Waals surface area (Å²) in [7, 11) is 0. The number of nitrogens with zero attached hydrogens (tertiary/aromatic N) is 3. The van der Waals surface area contributed by atoms with Crippen molar-refractivity contribution in [3.63, 3.8) is 0 Å². The molecule has 3 nitrogen and oxygen atoms in total. The van der Waals surface area contributed by atoms with E-state index in [0.717, 1.165) is 36.3 Å². The van der Waals surface area contributed by atoms with Gasteiger partial charge in [-0.25, -0.2) is 0 Å². The summed E-state index contributed by atoms with van der Waals surface area (Å²) in [5, 5.41) is 7.81. The van der Waals surface area contributed by atoms with Crippen molar-refractivity contribution in [2.24, 2.45) is 0 Å². The molecule has 7 aromatic carbocycles. The van der Waals surface area contributed by atoms with Gasteiger partial charge in [-0.1, -0.05) is 109 Å². The second-order valence-electron chi connectivity index (χ2n) is 15.0. The smallest absolute Gasteiger partial charge is 0.0491 e. The molecule has 3 heteroatoms. The Labute approximate surface area is 333 Å². The van der Waals surface area contributed by atoms with E-state index in [9.17, 15) is 0 Å². The van der Waals surface area contributed by atoms with Gasteiger partial charge in [0.25, 0.3) is 0 Å². The molecule has 0 saturated heterocycles. The first-order valence-electron chi connectivity index (χ1n) is 20.3. The van der Waals surface area contributed by atoms with Crippen LogP contribution in [0.2, 0.25) is 0 Å². The van der Waals surface area contributed by atoms with Crippen molar-refractivity contribution in [2.45, 2.75) is 40.4 Å². The zero-order chi connectivity index (χ0) is 38.5. The topological polar surface area (TPSA) is 14.8 Å². The predicted octanol–water partition coefficient (Wildman–Crippen LogP) is 14.6. The van der Waals surface area contributed by atoms with E-state index in [2.05, 4.69) is 217 Å². The first kappa shape index (κ1) is 34.6.